The van der Waals surface area contributed by atoms with Gasteiger partial charge in [-0.3, -0.25) is 0 Å². The Morgan fingerprint density at radius 1 is 1.18 bits per heavy atom. The molecule has 0 radical (unpaired) electrons. The molecule has 4 nitrogen and oxygen atoms in total. The summed E-state index contributed by atoms with van der Waals surface area (Å²) in [4.78, 5) is 2.47. The molecule has 1 fully saturated rings. The van der Waals surface area contributed by atoms with Crippen molar-refractivity contribution >= 4 is 0 Å². The number of nitrogens with zero attached hydrogens (tertiary/aromatic N) is 1. The van der Waals surface area contributed by atoms with Crippen molar-refractivity contribution in [3.05, 3.63) is 47.8 Å². The summed E-state index contributed by atoms with van der Waals surface area (Å²) in [5.41, 5.74) is 2.57. The Balaban J connectivity index is 1.46. The summed E-state index contributed by atoms with van der Waals surface area (Å²) < 4.78 is 5.86. The predicted octanol–water partition coefficient (Wildman–Crippen LogP) is 2.30. The number of benzene rings is 1. The van der Waals surface area contributed by atoms with Gasteiger partial charge in [0.15, 0.2) is 0 Å². The monoisotopic (exact) mass is 301 g/mol. The van der Waals surface area contributed by atoms with Gasteiger partial charge in [-0.05, 0) is 38.4 Å². The molecule has 1 aromatic rings. The van der Waals surface area contributed by atoms with Crippen LogP contribution in [-0.2, 0) is 11.3 Å². The lowest BCUT2D eigenvalue weighted by Crippen LogP contribution is -2.47. The normalized spacial score (nSPS) is 22.5. The molecule has 2 aliphatic heterocycles. The average Bonchev–Trinajstić information content (AvgIpc) is 2.94. The summed E-state index contributed by atoms with van der Waals surface area (Å²) in [7, 11) is 0. The molecule has 1 saturated heterocycles. The predicted molar refractivity (Wildman–Crippen MR) is 89.1 cm³/mol. The van der Waals surface area contributed by atoms with Crippen molar-refractivity contribution in [3.8, 4) is 0 Å². The fourth-order valence-electron chi connectivity index (χ4n) is 3.39. The molecule has 22 heavy (non-hydrogen) atoms. The van der Waals surface area contributed by atoms with Crippen LogP contribution < -0.4 is 10.6 Å². The standard InChI is InChI=1S/C18H27N3O/c1-15-13-20-18(17-7-9-19-10-8-17)21(15)11-12-22-14-16-5-3-2-4-6-16/h2-6,13,17-20H,7-12,14H2,1H3. The van der Waals surface area contributed by atoms with Gasteiger partial charge >= 0.3 is 0 Å². The van der Waals surface area contributed by atoms with Crippen LogP contribution in [-0.4, -0.2) is 37.3 Å². The third kappa shape index (κ3) is 3.81. The number of nitrogens with one attached hydrogen (secondary N) is 2. The zero-order chi connectivity index (χ0) is 15.2. The van der Waals surface area contributed by atoms with Gasteiger partial charge in [-0.1, -0.05) is 30.3 Å². The number of hydrogen-bond acceptors (Lipinski definition) is 4. The van der Waals surface area contributed by atoms with E-state index in [4.69, 9.17) is 4.74 Å². The lowest BCUT2D eigenvalue weighted by molar-refractivity contribution is 0.0762. The summed E-state index contributed by atoms with van der Waals surface area (Å²) in [5, 5.41) is 7.01. The molecule has 3 rings (SSSR count). The minimum Gasteiger partial charge on any atom is -0.375 e. The van der Waals surface area contributed by atoms with Gasteiger partial charge in [-0.15, -0.1) is 0 Å². The number of ether oxygens (including phenoxy) is 1. The lowest BCUT2D eigenvalue weighted by Gasteiger charge is -2.36. The molecule has 2 aliphatic rings. The summed E-state index contributed by atoms with van der Waals surface area (Å²) in [6, 6.07) is 10.4. The maximum Gasteiger partial charge on any atom is 0.101 e. The second-order valence-corrected chi connectivity index (χ2v) is 6.22. The van der Waals surface area contributed by atoms with E-state index in [2.05, 4.69) is 52.9 Å². The first-order valence-corrected chi connectivity index (χ1v) is 8.36. The van der Waals surface area contributed by atoms with E-state index >= 15 is 0 Å². The van der Waals surface area contributed by atoms with E-state index in [9.17, 15) is 0 Å². The SMILES string of the molecule is CC1=CNC(C2CCNCC2)N1CCOCc1ccccc1. The summed E-state index contributed by atoms with van der Waals surface area (Å²) in [5.74, 6) is 0.726. The Hall–Kier alpha value is -1.52. The topological polar surface area (TPSA) is 36.5 Å². The van der Waals surface area contributed by atoms with Gasteiger partial charge < -0.3 is 20.3 Å². The largest absolute Gasteiger partial charge is 0.375 e. The van der Waals surface area contributed by atoms with Crippen molar-refractivity contribution in [1.29, 1.82) is 0 Å². The minimum atomic E-state index is 0.447. The molecule has 4 heteroatoms. The van der Waals surface area contributed by atoms with Crippen LogP contribution in [0.1, 0.15) is 25.3 Å². The Labute approximate surface area is 133 Å². The van der Waals surface area contributed by atoms with Gasteiger partial charge in [0, 0.05) is 24.4 Å². The molecule has 2 N–H and O–H groups in total. The van der Waals surface area contributed by atoms with Gasteiger partial charge in [0.2, 0.25) is 0 Å². The van der Waals surface area contributed by atoms with Gasteiger partial charge in [0.25, 0.3) is 0 Å². The van der Waals surface area contributed by atoms with E-state index in [-0.39, 0.29) is 0 Å². The molecule has 1 aromatic carbocycles. The van der Waals surface area contributed by atoms with Gasteiger partial charge in [0.1, 0.15) is 6.17 Å². The quantitative estimate of drug-likeness (QED) is 0.791. The Morgan fingerprint density at radius 2 is 1.95 bits per heavy atom. The molecule has 2 heterocycles. The highest BCUT2D eigenvalue weighted by Crippen LogP contribution is 2.25. The van der Waals surface area contributed by atoms with Crippen LogP contribution in [0.25, 0.3) is 0 Å². The van der Waals surface area contributed by atoms with E-state index in [1.807, 2.05) is 6.07 Å². The highest BCUT2D eigenvalue weighted by Gasteiger charge is 2.31. The van der Waals surface area contributed by atoms with Crippen LogP contribution in [0.3, 0.4) is 0 Å². The van der Waals surface area contributed by atoms with Crippen molar-refractivity contribution < 1.29 is 4.74 Å². The number of piperidine rings is 1. The average molecular weight is 301 g/mol. The smallest absolute Gasteiger partial charge is 0.101 e. The van der Waals surface area contributed by atoms with E-state index in [0.29, 0.717) is 12.8 Å². The van der Waals surface area contributed by atoms with Crippen LogP contribution in [0, 0.1) is 5.92 Å². The second kappa shape index (κ2) is 7.65. The highest BCUT2D eigenvalue weighted by molar-refractivity contribution is 5.13. The molecular weight excluding hydrogens is 274 g/mol. The third-order valence-corrected chi connectivity index (χ3v) is 4.67. The molecule has 0 saturated carbocycles. The van der Waals surface area contributed by atoms with Crippen LogP contribution in [0.4, 0.5) is 0 Å². The number of rotatable bonds is 6. The third-order valence-electron chi connectivity index (χ3n) is 4.67. The Morgan fingerprint density at radius 3 is 2.73 bits per heavy atom. The first-order valence-electron chi connectivity index (χ1n) is 8.36. The van der Waals surface area contributed by atoms with Crippen molar-refractivity contribution in [3.63, 3.8) is 0 Å². The summed E-state index contributed by atoms with van der Waals surface area (Å²) in [6.45, 7) is 6.88. The van der Waals surface area contributed by atoms with Crippen LogP contribution in [0.15, 0.2) is 42.2 Å². The van der Waals surface area contributed by atoms with Gasteiger partial charge in [-0.25, -0.2) is 0 Å². The molecule has 1 atom stereocenters. The van der Waals surface area contributed by atoms with E-state index < -0.39 is 0 Å². The van der Waals surface area contributed by atoms with Gasteiger partial charge in [-0.2, -0.15) is 0 Å². The maximum absolute atomic E-state index is 5.86. The summed E-state index contributed by atoms with van der Waals surface area (Å²) >= 11 is 0. The van der Waals surface area contributed by atoms with Crippen molar-refractivity contribution in [1.82, 2.24) is 15.5 Å². The van der Waals surface area contributed by atoms with Crippen molar-refractivity contribution in [2.45, 2.75) is 32.5 Å². The lowest BCUT2D eigenvalue weighted by atomic mass is 9.94. The zero-order valence-electron chi connectivity index (χ0n) is 13.4. The molecule has 0 aromatic heterocycles. The van der Waals surface area contributed by atoms with E-state index in [0.717, 1.165) is 32.2 Å². The minimum absolute atomic E-state index is 0.447. The molecule has 0 bridgehead atoms. The van der Waals surface area contributed by atoms with Crippen molar-refractivity contribution in [2.75, 3.05) is 26.2 Å². The molecule has 0 amide bonds. The Bertz CT molecular complexity index is 482. The molecule has 0 aliphatic carbocycles. The van der Waals surface area contributed by atoms with Crippen LogP contribution in [0.5, 0.6) is 0 Å². The number of hydrogen-bond donors (Lipinski definition) is 2. The fourth-order valence-corrected chi connectivity index (χ4v) is 3.39. The van der Waals surface area contributed by atoms with Crippen molar-refractivity contribution in [2.24, 2.45) is 5.92 Å². The number of allylic oxidation sites excluding steroid dienone is 1. The molecule has 120 valence electrons. The Kier molecular flexibility index (Phi) is 5.35. The maximum atomic E-state index is 5.86. The molecule has 1 unspecified atom stereocenters. The van der Waals surface area contributed by atoms with Gasteiger partial charge in [0.05, 0.1) is 13.2 Å². The van der Waals surface area contributed by atoms with E-state index in [1.54, 1.807) is 0 Å². The van der Waals surface area contributed by atoms with Crippen LogP contribution >= 0.6 is 0 Å². The zero-order valence-corrected chi connectivity index (χ0v) is 13.4. The fraction of sp³-hybridized carbons (Fsp3) is 0.556. The first-order chi connectivity index (χ1) is 10.8. The highest BCUT2D eigenvalue weighted by atomic mass is 16.5. The second-order valence-electron chi connectivity index (χ2n) is 6.22. The summed E-state index contributed by atoms with van der Waals surface area (Å²) in [6.07, 6.45) is 5.10. The first kappa shape index (κ1) is 15.4. The van der Waals surface area contributed by atoms with E-state index in [1.165, 1.54) is 24.1 Å². The molecular formula is C18H27N3O. The van der Waals surface area contributed by atoms with Crippen LogP contribution in [0.2, 0.25) is 0 Å². The molecule has 0 spiro atoms.